The first-order valence-electron chi connectivity index (χ1n) is 9.65. The molecule has 1 aromatic carbocycles. The van der Waals surface area contributed by atoms with E-state index in [2.05, 4.69) is 39.7 Å². The van der Waals surface area contributed by atoms with Crippen LogP contribution < -0.4 is 16.0 Å². The zero-order valence-electron chi connectivity index (χ0n) is 17.7. The maximum Gasteiger partial charge on any atom is 0.226 e. The van der Waals surface area contributed by atoms with Crippen LogP contribution in [0.5, 0.6) is 0 Å². The van der Waals surface area contributed by atoms with Crippen LogP contribution in [-0.4, -0.2) is 68.7 Å². The van der Waals surface area contributed by atoms with Crippen LogP contribution in [0.3, 0.4) is 0 Å². The van der Waals surface area contributed by atoms with Gasteiger partial charge in [-0.15, -0.1) is 24.0 Å². The van der Waals surface area contributed by atoms with E-state index >= 15 is 0 Å². The molecule has 29 heavy (non-hydrogen) atoms. The topological polar surface area (TPSA) is 78.0 Å². The number of benzene rings is 1. The lowest BCUT2D eigenvalue weighted by Gasteiger charge is -2.41. The van der Waals surface area contributed by atoms with Gasteiger partial charge in [-0.3, -0.25) is 14.7 Å². The molecule has 0 bridgehead atoms. The summed E-state index contributed by atoms with van der Waals surface area (Å²) in [6, 6.07) is 5.57. The molecule has 7 nitrogen and oxygen atoms in total. The summed E-state index contributed by atoms with van der Waals surface area (Å²) >= 11 is 6.16. The summed E-state index contributed by atoms with van der Waals surface area (Å²) < 4.78 is 5.43. The summed E-state index contributed by atoms with van der Waals surface area (Å²) in [7, 11) is 1.73. The second-order valence-electron chi connectivity index (χ2n) is 7.55. The zero-order chi connectivity index (χ0) is 20.6. The lowest BCUT2D eigenvalue weighted by molar-refractivity contribution is -0.116. The van der Waals surface area contributed by atoms with Gasteiger partial charge in [-0.1, -0.05) is 17.7 Å². The van der Waals surface area contributed by atoms with E-state index in [0.717, 1.165) is 38.4 Å². The molecule has 0 aromatic heterocycles. The van der Waals surface area contributed by atoms with Crippen molar-refractivity contribution in [3.05, 3.63) is 28.8 Å². The van der Waals surface area contributed by atoms with Gasteiger partial charge in [0.05, 0.1) is 23.9 Å². The predicted octanol–water partition coefficient (Wildman–Crippen LogP) is 2.87. The van der Waals surface area contributed by atoms with Crippen LogP contribution in [0.1, 0.15) is 25.8 Å². The van der Waals surface area contributed by atoms with Crippen molar-refractivity contribution in [1.29, 1.82) is 0 Å². The fourth-order valence-electron chi connectivity index (χ4n) is 3.03. The van der Waals surface area contributed by atoms with E-state index in [0.29, 0.717) is 29.6 Å². The monoisotopic (exact) mass is 537 g/mol. The SMILES string of the molecule is CN=C(NCCC(=O)Nc1ccc(C)cc1Cl)NCC(C)(C)N1CCOCC1.I. The molecular weight excluding hydrogens is 505 g/mol. The molecular formula is C20H33ClIN5O2. The first-order chi connectivity index (χ1) is 13.3. The summed E-state index contributed by atoms with van der Waals surface area (Å²) in [5.41, 5.74) is 1.67. The van der Waals surface area contributed by atoms with E-state index < -0.39 is 0 Å². The maximum atomic E-state index is 12.2. The minimum absolute atomic E-state index is 0. The number of rotatable bonds is 7. The van der Waals surface area contributed by atoms with Crippen molar-refractivity contribution in [2.75, 3.05) is 51.8 Å². The third kappa shape index (κ3) is 8.65. The van der Waals surface area contributed by atoms with Crippen molar-refractivity contribution in [3.8, 4) is 0 Å². The Morgan fingerprint density at radius 1 is 1.28 bits per heavy atom. The Hall–Kier alpha value is -1.10. The molecule has 0 saturated carbocycles. The van der Waals surface area contributed by atoms with Crippen molar-refractivity contribution in [2.45, 2.75) is 32.7 Å². The number of anilines is 1. The number of hydrogen-bond acceptors (Lipinski definition) is 4. The number of nitrogens with one attached hydrogen (secondary N) is 3. The van der Waals surface area contributed by atoms with Crippen molar-refractivity contribution >= 4 is 53.1 Å². The third-order valence-corrected chi connectivity index (χ3v) is 5.14. The van der Waals surface area contributed by atoms with Crippen molar-refractivity contribution in [3.63, 3.8) is 0 Å². The van der Waals surface area contributed by atoms with Crippen LogP contribution in [0.25, 0.3) is 0 Å². The molecule has 9 heteroatoms. The number of aryl methyl sites for hydroxylation is 1. The van der Waals surface area contributed by atoms with Gasteiger partial charge in [0.1, 0.15) is 0 Å². The number of aliphatic imine (C=N–C) groups is 1. The average molecular weight is 538 g/mol. The minimum atomic E-state index is -0.0950. The average Bonchev–Trinajstić information content (AvgIpc) is 2.67. The standard InChI is InChI=1S/C20H32ClN5O2.HI/c1-15-5-6-17(16(21)13-15)25-18(27)7-8-23-19(22-4)24-14-20(2,3)26-9-11-28-12-10-26;/h5-6,13H,7-12,14H2,1-4H3,(H,25,27)(H2,22,23,24);1H. The van der Waals surface area contributed by atoms with E-state index in [4.69, 9.17) is 16.3 Å². The number of hydrogen-bond donors (Lipinski definition) is 3. The van der Waals surface area contributed by atoms with E-state index in [1.54, 1.807) is 7.05 Å². The number of morpholine rings is 1. The van der Waals surface area contributed by atoms with Gasteiger partial charge in [0.15, 0.2) is 5.96 Å². The maximum absolute atomic E-state index is 12.2. The highest BCUT2D eigenvalue weighted by atomic mass is 127. The number of ether oxygens (including phenoxy) is 1. The van der Waals surface area contributed by atoms with Crippen LogP contribution in [0, 0.1) is 6.92 Å². The summed E-state index contributed by atoms with van der Waals surface area (Å²) in [4.78, 5) is 18.8. The number of halogens is 2. The Labute approximate surface area is 196 Å². The molecule has 0 atom stereocenters. The van der Waals surface area contributed by atoms with Gasteiger partial charge < -0.3 is 20.7 Å². The summed E-state index contributed by atoms with van der Waals surface area (Å²) in [6.45, 7) is 11.0. The highest BCUT2D eigenvalue weighted by molar-refractivity contribution is 14.0. The molecule has 1 aliphatic heterocycles. The summed E-state index contributed by atoms with van der Waals surface area (Å²) in [5, 5.41) is 9.92. The van der Waals surface area contributed by atoms with Crippen LogP contribution in [0.2, 0.25) is 5.02 Å². The number of carbonyl (C=O) groups is 1. The Balaban J connectivity index is 0.00000420. The number of amides is 1. The van der Waals surface area contributed by atoms with Gasteiger partial charge in [0.25, 0.3) is 0 Å². The molecule has 3 N–H and O–H groups in total. The van der Waals surface area contributed by atoms with E-state index in [-0.39, 0.29) is 35.4 Å². The molecule has 0 unspecified atom stereocenters. The Morgan fingerprint density at radius 3 is 2.59 bits per heavy atom. The van der Waals surface area contributed by atoms with Crippen LogP contribution in [0.4, 0.5) is 5.69 Å². The zero-order valence-corrected chi connectivity index (χ0v) is 20.8. The van der Waals surface area contributed by atoms with Crippen LogP contribution in [-0.2, 0) is 9.53 Å². The summed E-state index contributed by atoms with van der Waals surface area (Å²) in [5.74, 6) is 0.588. The van der Waals surface area contributed by atoms with Gasteiger partial charge in [-0.2, -0.15) is 0 Å². The fourth-order valence-corrected chi connectivity index (χ4v) is 3.31. The van der Waals surface area contributed by atoms with Gasteiger partial charge in [0.2, 0.25) is 5.91 Å². The lowest BCUT2D eigenvalue weighted by atomic mass is 10.0. The molecule has 0 aliphatic carbocycles. The Bertz CT molecular complexity index is 693. The normalized spacial score (nSPS) is 15.4. The molecule has 1 aromatic rings. The molecule has 1 fully saturated rings. The van der Waals surface area contributed by atoms with Crippen molar-refractivity contribution in [1.82, 2.24) is 15.5 Å². The molecule has 1 heterocycles. The van der Waals surface area contributed by atoms with Crippen molar-refractivity contribution < 1.29 is 9.53 Å². The third-order valence-electron chi connectivity index (χ3n) is 4.82. The van der Waals surface area contributed by atoms with Gasteiger partial charge in [-0.25, -0.2) is 0 Å². The molecule has 0 radical (unpaired) electrons. The molecule has 164 valence electrons. The molecule has 1 aliphatic rings. The molecule has 1 amide bonds. The van der Waals surface area contributed by atoms with Gasteiger partial charge in [0, 0.05) is 45.2 Å². The second-order valence-corrected chi connectivity index (χ2v) is 7.95. The highest BCUT2D eigenvalue weighted by Crippen LogP contribution is 2.22. The number of nitrogens with zero attached hydrogens (tertiary/aromatic N) is 2. The minimum Gasteiger partial charge on any atom is -0.379 e. The predicted molar refractivity (Wildman–Crippen MR) is 131 cm³/mol. The second kappa shape index (κ2) is 12.6. The molecule has 0 spiro atoms. The quantitative estimate of drug-likeness (QED) is 0.283. The fraction of sp³-hybridized carbons (Fsp3) is 0.600. The van der Waals surface area contributed by atoms with Crippen LogP contribution in [0.15, 0.2) is 23.2 Å². The Kier molecular flexibility index (Phi) is 11.2. The molecule has 2 rings (SSSR count). The first kappa shape index (κ1) is 25.9. The van der Waals surface area contributed by atoms with E-state index in [1.807, 2.05) is 25.1 Å². The number of guanidine groups is 1. The smallest absolute Gasteiger partial charge is 0.226 e. The highest BCUT2D eigenvalue weighted by Gasteiger charge is 2.28. The largest absolute Gasteiger partial charge is 0.379 e. The Morgan fingerprint density at radius 2 is 1.97 bits per heavy atom. The van der Waals surface area contributed by atoms with E-state index in [1.165, 1.54) is 0 Å². The van der Waals surface area contributed by atoms with Crippen molar-refractivity contribution in [2.24, 2.45) is 4.99 Å². The van der Waals surface area contributed by atoms with Gasteiger partial charge in [-0.05, 0) is 38.5 Å². The van der Waals surface area contributed by atoms with Crippen LogP contribution >= 0.6 is 35.6 Å². The summed E-state index contributed by atoms with van der Waals surface area (Å²) in [6.07, 6.45) is 0.317. The molecule has 1 saturated heterocycles. The van der Waals surface area contributed by atoms with Gasteiger partial charge >= 0.3 is 0 Å². The number of carbonyl (C=O) groups excluding carboxylic acids is 1. The lowest BCUT2D eigenvalue weighted by Crippen LogP contribution is -2.56. The van der Waals surface area contributed by atoms with E-state index in [9.17, 15) is 4.79 Å². The first-order valence-corrected chi connectivity index (χ1v) is 10.0.